The van der Waals surface area contributed by atoms with Gasteiger partial charge >= 0.3 is 0 Å². The smallest absolute Gasteiger partial charge is 0.122 e. The van der Waals surface area contributed by atoms with Crippen LogP contribution in [0.4, 0.5) is 0 Å². The molecule has 92 valence electrons. The van der Waals surface area contributed by atoms with Crippen LogP contribution in [0.25, 0.3) is 0 Å². The second kappa shape index (κ2) is 6.99. The third kappa shape index (κ3) is 3.54. The Bertz CT molecular complexity index is 308. The van der Waals surface area contributed by atoms with E-state index >= 15 is 0 Å². The number of aromatic nitrogens is 1. The lowest BCUT2D eigenvalue weighted by Crippen LogP contribution is -2.13. The van der Waals surface area contributed by atoms with Crippen LogP contribution >= 0.6 is 11.3 Å². The van der Waals surface area contributed by atoms with Crippen LogP contribution in [0, 0.1) is 6.92 Å². The summed E-state index contributed by atoms with van der Waals surface area (Å²) in [5.41, 5.74) is 1.14. The minimum absolute atomic E-state index is 0.156. The summed E-state index contributed by atoms with van der Waals surface area (Å²) in [4.78, 5) is 5.92. The third-order valence-corrected chi connectivity index (χ3v) is 3.80. The highest BCUT2D eigenvalue weighted by Gasteiger charge is 2.15. The first-order valence-corrected chi connectivity index (χ1v) is 6.74. The van der Waals surface area contributed by atoms with Gasteiger partial charge in [-0.15, -0.1) is 11.3 Å². The Kier molecular flexibility index (Phi) is 5.95. The Morgan fingerprint density at radius 3 is 2.75 bits per heavy atom. The van der Waals surface area contributed by atoms with Crippen LogP contribution < -0.4 is 5.32 Å². The van der Waals surface area contributed by atoms with E-state index in [-0.39, 0.29) is 6.10 Å². The first-order valence-electron chi connectivity index (χ1n) is 5.92. The molecule has 16 heavy (non-hydrogen) atoms. The Morgan fingerprint density at radius 1 is 1.44 bits per heavy atom. The summed E-state index contributed by atoms with van der Waals surface area (Å²) in [7, 11) is 1.75. The van der Waals surface area contributed by atoms with Crippen molar-refractivity contribution in [1.82, 2.24) is 10.3 Å². The average molecular weight is 242 g/mol. The van der Waals surface area contributed by atoms with Gasteiger partial charge in [-0.1, -0.05) is 13.8 Å². The topological polar surface area (TPSA) is 34.1 Å². The molecule has 1 aromatic heterocycles. The van der Waals surface area contributed by atoms with Gasteiger partial charge in [0, 0.05) is 18.5 Å². The van der Waals surface area contributed by atoms with Crippen LogP contribution in [-0.2, 0) is 11.3 Å². The zero-order valence-electron chi connectivity index (χ0n) is 10.7. The van der Waals surface area contributed by atoms with E-state index in [9.17, 15) is 0 Å². The predicted octanol–water partition coefficient (Wildman–Crippen LogP) is 3.05. The van der Waals surface area contributed by atoms with E-state index < -0.39 is 0 Å². The summed E-state index contributed by atoms with van der Waals surface area (Å²) >= 11 is 1.77. The zero-order chi connectivity index (χ0) is 12.0. The highest BCUT2D eigenvalue weighted by atomic mass is 32.1. The van der Waals surface area contributed by atoms with Crippen LogP contribution in [0.15, 0.2) is 0 Å². The molecule has 0 aliphatic rings. The molecule has 1 heterocycles. The third-order valence-electron chi connectivity index (χ3n) is 2.55. The molecule has 0 aromatic carbocycles. The summed E-state index contributed by atoms with van der Waals surface area (Å²) in [6, 6.07) is 0. The Labute approximate surface area is 102 Å². The fourth-order valence-electron chi connectivity index (χ4n) is 1.57. The highest BCUT2D eigenvalue weighted by Crippen LogP contribution is 2.27. The molecule has 0 radical (unpaired) electrons. The van der Waals surface area contributed by atoms with Gasteiger partial charge in [-0.2, -0.15) is 0 Å². The lowest BCUT2D eigenvalue weighted by molar-refractivity contribution is 0.0997. The quantitative estimate of drug-likeness (QED) is 0.746. The van der Waals surface area contributed by atoms with E-state index in [0.717, 1.165) is 30.2 Å². The van der Waals surface area contributed by atoms with Crippen molar-refractivity contribution in [3.05, 3.63) is 15.6 Å². The predicted molar refractivity (Wildman–Crippen MR) is 68.9 cm³/mol. The summed E-state index contributed by atoms with van der Waals surface area (Å²) in [6.07, 6.45) is 2.30. The van der Waals surface area contributed by atoms with Crippen molar-refractivity contribution in [3.63, 3.8) is 0 Å². The molecular formula is C12H22N2OS. The normalized spacial score (nSPS) is 13.0. The maximum atomic E-state index is 5.41. The molecule has 1 rings (SSSR count). The first-order chi connectivity index (χ1) is 7.72. The number of aryl methyl sites for hydroxylation is 1. The van der Waals surface area contributed by atoms with Crippen LogP contribution in [0.2, 0.25) is 0 Å². The first kappa shape index (κ1) is 13.6. The van der Waals surface area contributed by atoms with E-state index in [2.05, 4.69) is 31.1 Å². The fraction of sp³-hybridized carbons (Fsp3) is 0.750. The number of rotatable bonds is 7. The Morgan fingerprint density at radius 2 is 2.19 bits per heavy atom. The number of ether oxygens (including phenoxy) is 1. The molecule has 0 aliphatic heterocycles. The van der Waals surface area contributed by atoms with Gasteiger partial charge in [-0.05, 0) is 26.3 Å². The van der Waals surface area contributed by atoms with Gasteiger partial charge in [-0.25, -0.2) is 4.98 Å². The minimum atomic E-state index is 0.156. The van der Waals surface area contributed by atoms with Crippen molar-refractivity contribution in [2.45, 2.75) is 46.3 Å². The molecule has 1 atom stereocenters. The highest BCUT2D eigenvalue weighted by molar-refractivity contribution is 7.11. The van der Waals surface area contributed by atoms with Gasteiger partial charge in [0.25, 0.3) is 0 Å². The average Bonchev–Trinajstić information content (AvgIpc) is 2.63. The molecule has 0 bridgehead atoms. The lowest BCUT2D eigenvalue weighted by Gasteiger charge is -2.08. The van der Waals surface area contributed by atoms with Gasteiger partial charge in [0.05, 0.1) is 5.69 Å². The Balaban J connectivity index is 2.65. The molecule has 3 nitrogen and oxygen atoms in total. The largest absolute Gasteiger partial charge is 0.374 e. The van der Waals surface area contributed by atoms with Crippen LogP contribution in [0.1, 0.15) is 48.4 Å². The molecular weight excluding hydrogens is 220 g/mol. The second-order valence-corrected chi connectivity index (χ2v) is 4.99. The van der Waals surface area contributed by atoms with Gasteiger partial charge < -0.3 is 10.1 Å². The number of thiazole rings is 1. The van der Waals surface area contributed by atoms with Crippen molar-refractivity contribution in [1.29, 1.82) is 0 Å². The van der Waals surface area contributed by atoms with E-state index in [1.807, 2.05) is 0 Å². The molecule has 0 spiro atoms. The van der Waals surface area contributed by atoms with E-state index in [1.165, 1.54) is 11.3 Å². The number of hydrogen-bond acceptors (Lipinski definition) is 4. The van der Waals surface area contributed by atoms with Gasteiger partial charge in [-0.3, -0.25) is 0 Å². The maximum absolute atomic E-state index is 5.41. The van der Waals surface area contributed by atoms with E-state index in [1.54, 1.807) is 18.4 Å². The van der Waals surface area contributed by atoms with Gasteiger partial charge in [0.2, 0.25) is 0 Å². The monoisotopic (exact) mass is 242 g/mol. The molecule has 0 saturated heterocycles. The number of hydrogen-bond donors (Lipinski definition) is 1. The minimum Gasteiger partial charge on any atom is -0.374 e. The molecule has 4 heteroatoms. The number of nitrogens with zero attached hydrogens (tertiary/aromatic N) is 1. The van der Waals surface area contributed by atoms with Crippen molar-refractivity contribution in [2.75, 3.05) is 13.7 Å². The SMILES string of the molecule is CCCNCc1sc(C(CC)OC)nc1C. The number of methoxy groups -OCH3 is 1. The van der Waals surface area contributed by atoms with Crippen LogP contribution in [0.3, 0.4) is 0 Å². The second-order valence-electron chi connectivity index (χ2n) is 3.87. The Hall–Kier alpha value is -0.450. The zero-order valence-corrected chi connectivity index (χ0v) is 11.5. The maximum Gasteiger partial charge on any atom is 0.122 e. The van der Waals surface area contributed by atoms with Crippen molar-refractivity contribution >= 4 is 11.3 Å². The van der Waals surface area contributed by atoms with Gasteiger partial charge in [0.1, 0.15) is 11.1 Å². The molecule has 0 fully saturated rings. The summed E-state index contributed by atoms with van der Waals surface area (Å²) in [6.45, 7) is 8.37. The molecule has 1 unspecified atom stereocenters. The van der Waals surface area contributed by atoms with E-state index in [0.29, 0.717) is 0 Å². The van der Waals surface area contributed by atoms with Crippen LogP contribution in [0.5, 0.6) is 0 Å². The summed E-state index contributed by atoms with van der Waals surface area (Å²) < 4.78 is 5.41. The van der Waals surface area contributed by atoms with Crippen LogP contribution in [-0.4, -0.2) is 18.6 Å². The standard InChI is InChI=1S/C12H22N2OS/c1-5-7-13-8-11-9(3)14-12(16-11)10(6-2)15-4/h10,13H,5-8H2,1-4H3. The fourth-order valence-corrected chi connectivity index (χ4v) is 2.77. The molecule has 0 saturated carbocycles. The summed E-state index contributed by atoms with van der Waals surface area (Å²) in [5, 5.41) is 4.52. The summed E-state index contributed by atoms with van der Waals surface area (Å²) in [5.74, 6) is 0. The lowest BCUT2D eigenvalue weighted by atomic mass is 10.3. The van der Waals surface area contributed by atoms with E-state index in [4.69, 9.17) is 4.74 Å². The van der Waals surface area contributed by atoms with Crippen molar-refractivity contribution in [3.8, 4) is 0 Å². The molecule has 1 N–H and O–H groups in total. The van der Waals surface area contributed by atoms with Crippen molar-refractivity contribution in [2.24, 2.45) is 0 Å². The molecule has 1 aromatic rings. The molecule has 0 aliphatic carbocycles. The number of nitrogens with one attached hydrogen (secondary N) is 1. The van der Waals surface area contributed by atoms with Crippen molar-refractivity contribution < 1.29 is 4.74 Å². The molecule has 0 amide bonds. The van der Waals surface area contributed by atoms with Gasteiger partial charge in [0.15, 0.2) is 0 Å².